The van der Waals surface area contributed by atoms with Gasteiger partial charge >= 0.3 is 5.97 Å². The molecule has 142 valence electrons. The highest BCUT2D eigenvalue weighted by molar-refractivity contribution is 7.19. The van der Waals surface area contributed by atoms with Gasteiger partial charge in [-0.25, -0.2) is 4.98 Å². The van der Waals surface area contributed by atoms with Crippen molar-refractivity contribution in [2.45, 2.75) is 45.4 Å². The second-order valence-electron chi connectivity index (χ2n) is 7.61. The van der Waals surface area contributed by atoms with Gasteiger partial charge in [0.1, 0.15) is 4.83 Å². The predicted molar refractivity (Wildman–Crippen MR) is 112 cm³/mol. The third-order valence-electron chi connectivity index (χ3n) is 5.87. The highest BCUT2D eigenvalue weighted by Gasteiger charge is 2.28. The largest absolute Gasteiger partial charge is 0.481 e. The van der Waals surface area contributed by atoms with Crippen LogP contribution in [0.1, 0.15) is 47.4 Å². The minimum atomic E-state index is -0.822. The van der Waals surface area contributed by atoms with Crippen LogP contribution >= 0.6 is 11.3 Å². The van der Waals surface area contributed by atoms with Crippen LogP contribution in [0, 0.1) is 6.92 Å². The lowest BCUT2D eigenvalue weighted by molar-refractivity contribution is -0.138. The topological polar surface area (TPSA) is 78.9 Å². The zero-order chi connectivity index (χ0) is 19.4. The molecule has 0 spiro atoms. The smallest absolute Gasteiger partial charge is 0.310 e. The molecule has 0 aliphatic heterocycles. The lowest BCUT2D eigenvalue weighted by atomic mass is 9.85. The molecular formula is C22H21N3O2S. The van der Waals surface area contributed by atoms with Gasteiger partial charge in [-0.1, -0.05) is 12.1 Å². The van der Waals surface area contributed by atoms with E-state index in [0.29, 0.717) is 0 Å². The van der Waals surface area contributed by atoms with Crippen LogP contribution in [-0.2, 0) is 17.6 Å². The van der Waals surface area contributed by atoms with Crippen molar-refractivity contribution in [3.05, 3.63) is 46.1 Å². The van der Waals surface area contributed by atoms with Crippen LogP contribution < -0.4 is 0 Å². The molecule has 4 aromatic rings. The van der Waals surface area contributed by atoms with Crippen molar-refractivity contribution in [1.82, 2.24) is 15.2 Å². The summed E-state index contributed by atoms with van der Waals surface area (Å²) in [5, 5.41) is 19.2. The number of aryl methyl sites for hydroxylation is 3. The number of carboxylic acids is 1. The van der Waals surface area contributed by atoms with E-state index in [1.54, 1.807) is 24.5 Å². The Hall–Kier alpha value is -2.73. The number of carboxylic acid groups (broad SMARTS) is 1. The number of aromatic nitrogens is 3. The van der Waals surface area contributed by atoms with Gasteiger partial charge in [0.25, 0.3) is 0 Å². The molecule has 0 saturated carbocycles. The van der Waals surface area contributed by atoms with Gasteiger partial charge < -0.3 is 5.11 Å². The minimum Gasteiger partial charge on any atom is -0.481 e. The fourth-order valence-corrected chi connectivity index (χ4v) is 5.78. The van der Waals surface area contributed by atoms with E-state index in [4.69, 9.17) is 4.98 Å². The van der Waals surface area contributed by atoms with Crippen molar-refractivity contribution < 1.29 is 9.90 Å². The van der Waals surface area contributed by atoms with Crippen molar-refractivity contribution in [2.75, 3.05) is 0 Å². The summed E-state index contributed by atoms with van der Waals surface area (Å²) in [6.07, 6.45) is 6.33. The first-order chi connectivity index (χ1) is 13.5. The van der Waals surface area contributed by atoms with Crippen LogP contribution in [0.3, 0.4) is 0 Å². The summed E-state index contributed by atoms with van der Waals surface area (Å²) < 4.78 is 0. The molecule has 5 nitrogen and oxygen atoms in total. The highest BCUT2D eigenvalue weighted by atomic mass is 32.1. The van der Waals surface area contributed by atoms with Gasteiger partial charge in [0.05, 0.1) is 17.6 Å². The molecule has 0 bridgehead atoms. The number of rotatable bonds is 3. The molecule has 3 aromatic heterocycles. The molecule has 0 radical (unpaired) electrons. The predicted octanol–water partition coefficient (Wildman–Crippen LogP) is 5.21. The van der Waals surface area contributed by atoms with Crippen molar-refractivity contribution in [3.63, 3.8) is 0 Å². The highest BCUT2D eigenvalue weighted by Crippen LogP contribution is 2.45. The molecular weight excluding hydrogens is 370 g/mol. The van der Waals surface area contributed by atoms with Crippen LogP contribution in [-0.4, -0.2) is 26.3 Å². The third kappa shape index (κ3) is 2.55. The Morgan fingerprint density at radius 3 is 2.93 bits per heavy atom. The van der Waals surface area contributed by atoms with Gasteiger partial charge in [-0.05, 0) is 67.9 Å². The molecule has 1 aliphatic carbocycles. The third-order valence-corrected chi connectivity index (χ3v) is 7.05. The van der Waals surface area contributed by atoms with Crippen LogP contribution in [0.25, 0.3) is 32.2 Å². The zero-order valence-corrected chi connectivity index (χ0v) is 16.7. The molecule has 28 heavy (non-hydrogen) atoms. The van der Waals surface area contributed by atoms with E-state index in [-0.39, 0.29) is 0 Å². The lowest BCUT2D eigenvalue weighted by Gasteiger charge is -2.19. The van der Waals surface area contributed by atoms with Gasteiger partial charge in [-0.2, -0.15) is 5.10 Å². The standard InChI is InChI=1S/C22H21N3O2S/c1-11(22(26)27)18-12(2)24-21-20(15-5-3-4-6-17(15)28-21)19(18)13-7-8-14-10-23-25-16(14)9-13/h7-11H,3-6H2,1-2H3,(H,23,25)(H,26,27). The number of nitrogens with one attached hydrogen (secondary N) is 1. The molecule has 1 aromatic carbocycles. The number of thiophene rings is 1. The Labute approximate surface area is 166 Å². The number of hydrogen-bond acceptors (Lipinski definition) is 4. The maximum absolute atomic E-state index is 11.9. The summed E-state index contributed by atoms with van der Waals surface area (Å²) in [6.45, 7) is 3.69. The van der Waals surface area contributed by atoms with E-state index in [0.717, 1.165) is 56.3 Å². The van der Waals surface area contributed by atoms with Crippen molar-refractivity contribution >= 4 is 38.4 Å². The monoisotopic (exact) mass is 391 g/mol. The van der Waals surface area contributed by atoms with E-state index in [9.17, 15) is 9.90 Å². The summed E-state index contributed by atoms with van der Waals surface area (Å²) in [4.78, 5) is 19.2. The molecule has 2 N–H and O–H groups in total. The number of benzene rings is 1. The average Bonchev–Trinajstić information content (AvgIpc) is 3.29. The van der Waals surface area contributed by atoms with Crippen molar-refractivity contribution in [1.29, 1.82) is 0 Å². The fraction of sp³-hybridized carbons (Fsp3) is 0.318. The molecule has 0 amide bonds. The molecule has 0 fully saturated rings. The van der Waals surface area contributed by atoms with Crippen LogP contribution in [0.2, 0.25) is 0 Å². The van der Waals surface area contributed by atoms with Gasteiger partial charge in [-0.3, -0.25) is 9.89 Å². The molecule has 0 saturated heterocycles. The van der Waals surface area contributed by atoms with Crippen molar-refractivity contribution in [2.24, 2.45) is 0 Å². The summed E-state index contributed by atoms with van der Waals surface area (Å²) in [6, 6.07) is 6.21. The Bertz CT molecular complexity index is 1240. The maximum atomic E-state index is 11.9. The fourth-order valence-electron chi connectivity index (χ4n) is 4.46. The molecule has 6 heteroatoms. The summed E-state index contributed by atoms with van der Waals surface area (Å²) in [5.74, 6) is -1.44. The number of fused-ring (bicyclic) bond motifs is 4. The number of hydrogen-bond donors (Lipinski definition) is 2. The number of H-pyrrole nitrogens is 1. The average molecular weight is 391 g/mol. The molecule has 3 heterocycles. The van der Waals surface area contributed by atoms with Crippen LogP contribution in [0.5, 0.6) is 0 Å². The summed E-state index contributed by atoms with van der Waals surface area (Å²) in [5.41, 5.74) is 6.02. The Kier molecular flexibility index (Phi) is 3.98. The summed E-state index contributed by atoms with van der Waals surface area (Å²) in [7, 11) is 0. The van der Waals surface area contributed by atoms with E-state index >= 15 is 0 Å². The van der Waals surface area contributed by atoms with Gasteiger partial charge in [-0.15, -0.1) is 11.3 Å². The number of pyridine rings is 1. The van der Waals surface area contributed by atoms with E-state index in [1.165, 1.54) is 23.3 Å². The van der Waals surface area contributed by atoms with Crippen LogP contribution in [0.15, 0.2) is 24.4 Å². The van der Waals surface area contributed by atoms with E-state index in [2.05, 4.69) is 22.3 Å². The number of aliphatic carboxylic acids is 1. The lowest BCUT2D eigenvalue weighted by Crippen LogP contribution is -2.12. The summed E-state index contributed by atoms with van der Waals surface area (Å²) >= 11 is 1.78. The molecule has 1 atom stereocenters. The second-order valence-corrected chi connectivity index (χ2v) is 8.69. The quantitative estimate of drug-likeness (QED) is 0.502. The number of carbonyl (C=O) groups is 1. The normalized spacial score (nSPS) is 15.1. The van der Waals surface area contributed by atoms with E-state index < -0.39 is 11.9 Å². The molecule has 5 rings (SSSR count). The van der Waals surface area contributed by atoms with Gasteiger partial charge in [0.15, 0.2) is 0 Å². The van der Waals surface area contributed by atoms with Crippen molar-refractivity contribution in [3.8, 4) is 11.1 Å². The van der Waals surface area contributed by atoms with Gasteiger partial charge in [0.2, 0.25) is 0 Å². The first kappa shape index (κ1) is 17.4. The zero-order valence-electron chi connectivity index (χ0n) is 15.9. The second kappa shape index (κ2) is 6.41. The first-order valence-electron chi connectivity index (χ1n) is 9.65. The molecule has 1 unspecified atom stereocenters. The SMILES string of the molecule is Cc1nc2sc3c(c2c(-c2ccc4cn[nH]c4c2)c1C(C)C(=O)O)CCCC3. The van der Waals surface area contributed by atoms with Gasteiger partial charge in [0, 0.05) is 21.3 Å². The number of nitrogens with zero attached hydrogens (tertiary/aromatic N) is 2. The Morgan fingerprint density at radius 1 is 1.29 bits per heavy atom. The maximum Gasteiger partial charge on any atom is 0.310 e. The Balaban J connectivity index is 1.91. The molecule has 1 aliphatic rings. The number of aromatic amines is 1. The Morgan fingerprint density at radius 2 is 2.11 bits per heavy atom. The first-order valence-corrected chi connectivity index (χ1v) is 10.5. The van der Waals surface area contributed by atoms with Crippen LogP contribution in [0.4, 0.5) is 0 Å². The minimum absolute atomic E-state index is 0.622. The van der Waals surface area contributed by atoms with E-state index in [1.807, 2.05) is 13.0 Å².